The van der Waals surface area contributed by atoms with Crippen molar-refractivity contribution < 1.29 is 14.4 Å². The summed E-state index contributed by atoms with van der Waals surface area (Å²) in [6.45, 7) is 1.40. The van der Waals surface area contributed by atoms with Crippen LogP contribution in [0, 0.1) is 0 Å². The number of aryl methyl sites for hydroxylation is 1. The summed E-state index contributed by atoms with van der Waals surface area (Å²) >= 11 is 3.26. The highest BCUT2D eigenvalue weighted by molar-refractivity contribution is 9.10. The lowest BCUT2D eigenvalue weighted by Gasteiger charge is -2.06. The summed E-state index contributed by atoms with van der Waals surface area (Å²) in [5, 5.41) is 0. The van der Waals surface area contributed by atoms with Crippen molar-refractivity contribution in [2.45, 2.75) is 6.92 Å². The molecule has 110 valence electrons. The lowest BCUT2D eigenvalue weighted by molar-refractivity contribution is 0.0839. The number of halogens is 1. The molecular formula is C13H13BrN4O3. The molecule has 2 heterocycles. The van der Waals surface area contributed by atoms with E-state index in [1.807, 2.05) is 0 Å². The lowest BCUT2D eigenvalue weighted by Crippen LogP contribution is -2.42. The number of aromatic nitrogens is 2. The van der Waals surface area contributed by atoms with E-state index in [1.165, 1.54) is 19.2 Å². The Bertz CT molecular complexity index is 717. The summed E-state index contributed by atoms with van der Waals surface area (Å²) in [6, 6.07) is 3.05. The van der Waals surface area contributed by atoms with Crippen molar-refractivity contribution in [3.8, 4) is 0 Å². The van der Waals surface area contributed by atoms with Crippen molar-refractivity contribution in [2.75, 3.05) is 0 Å². The zero-order valence-electron chi connectivity index (χ0n) is 11.4. The van der Waals surface area contributed by atoms with Crippen LogP contribution in [0.4, 0.5) is 0 Å². The Labute approximate surface area is 128 Å². The number of Topliss-reactive ketones (excluding diaryl/α,β-unsaturated/α-hetero) is 1. The van der Waals surface area contributed by atoms with Crippen LogP contribution in [0.3, 0.4) is 0 Å². The number of nitrogens with one attached hydrogen (secondary N) is 3. The topological polar surface area (TPSA) is 96.0 Å². The van der Waals surface area contributed by atoms with Crippen molar-refractivity contribution in [2.24, 2.45) is 7.05 Å². The van der Waals surface area contributed by atoms with Crippen LogP contribution in [0.25, 0.3) is 0 Å². The smallest absolute Gasteiger partial charge is 0.286 e. The molecule has 0 spiro atoms. The monoisotopic (exact) mass is 352 g/mol. The van der Waals surface area contributed by atoms with Gasteiger partial charge in [-0.25, -0.2) is 0 Å². The van der Waals surface area contributed by atoms with E-state index in [9.17, 15) is 14.4 Å². The Hall–Kier alpha value is -2.35. The van der Waals surface area contributed by atoms with Crippen LogP contribution in [-0.4, -0.2) is 27.1 Å². The van der Waals surface area contributed by atoms with Crippen LogP contribution in [0.15, 0.2) is 29.0 Å². The molecule has 0 radical (unpaired) electrons. The number of amides is 2. The number of aromatic amines is 1. The first-order valence-corrected chi connectivity index (χ1v) is 6.79. The third-order valence-corrected chi connectivity index (χ3v) is 3.26. The van der Waals surface area contributed by atoms with Crippen molar-refractivity contribution in [3.05, 3.63) is 46.0 Å². The van der Waals surface area contributed by atoms with E-state index >= 15 is 0 Å². The van der Waals surface area contributed by atoms with Gasteiger partial charge in [0.15, 0.2) is 5.78 Å². The Kier molecular flexibility index (Phi) is 4.27. The molecule has 3 N–H and O–H groups in total. The SMILES string of the molecule is CC(=O)c1c[nH]c(C(=O)NNC(=O)c2cc(Br)cn2C)c1. The average Bonchev–Trinajstić information content (AvgIpc) is 3.02. The van der Waals surface area contributed by atoms with Gasteiger partial charge in [0.25, 0.3) is 11.8 Å². The van der Waals surface area contributed by atoms with E-state index in [0.717, 1.165) is 4.47 Å². The van der Waals surface area contributed by atoms with Crippen LogP contribution >= 0.6 is 15.9 Å². The molecule has 21 heavy (non-hydrogen) atoms. The number of hydrazine groups is 1. The van der Waals surface area contributed by atoms with Gasteiger partial charge in [-0.1, -0.05) is 0 Å². The van der Waals surface area contributed by atoms with Gasteiger partial charge in [0, 0.05) is 29.5 Å². The van der Waals surface area contributed by atoms with E-state index < -0.39 is 11.8 Å². The predicted octanol–water partition coefficient (Wildman–Crippen LogP) is 1.39. The Morgan fingerprint density at radius 3 is 2.38 bits per heavy atom. The third-order valence-electron chi connectivity index (χ3n) is 2.83. The fourth-order valence-corrected chi connectivity index (χ4v) is 2.25. The summed E-state index contributed by atoms with van der Waals surface area (Å²) in [6.07, 6.45) is 3.16. The second kappa shape index (κ2) is 5.96. The lowest BCUT2D eigenvalue weighted by atomic mass is 10.2. The van der Waals surface area contributed by atoms with Crippen LogP contribution in [0.2, 0.25) is 0 Å². The molecule has 2 rings (SSSR count). The van der Waals surface area contributed by atoms with Crippen molar-refractivity contribution in [1.29, 1.82) is 0 Å². The number of hydrogen-bond acceptors (Lipinski definition) is 3. The van der Waals surface area contributed by atoms with Crippen LogP contribution in [-0.2, 0) is 7.05 Å². The van der Waals surface area contributed by atoms with E-state index in [4.69, 9.17) is 0 Å². The maximum atomic E-state index is 11.9. The van der Waals surface area contributed by atoms with Gasteiger partial charge in [-0.2, -0.15) is 0 Å². The van der Waals surface area contributed by atoms with Crippen molar-refractivity contribution in [1.82, 2.24) is 20.4 Å². The highest BCUT2D eigenvalue weighted by atomic mass is 79.9. The largest absolute Gasteiger partial charge is 0.356 e. The summed E-state index contributed by atoms with van der Waals surface area (Å²) in [5.41, 5.74) is 5.56. The molecule has 2 aromatic heterocycles. The number of hydrogen-bond donors (Lipinski definition) is 3. The first-order valence-electron chi connectivity index (χ1n) is 6.00. The van der Waals surface area contributed by atoms with Gasteiger partial charge in [0.05, 0.1) is 0 Å². The molecule has 8 heteroatoms. The van der Waals surface area contributed by atoms with E-state index in [2.05, 4.69) is 31.8 Å². The normalized spacial score (nSPS) is 10.2. The molecule has 0 aliphatic rings. The highest BCUT2D eigenvalue weighted by Crippen LogP contribution is 2.13. The Morgan fingerprint density at radius 1 is 1.19 bits per heavy atom. The number of carbonyl (C=O) groups excluding carboxylic acids is 3. The summed E-state index contributed by atoms with van der Waals surface area (Å²) in [7, 11) is 1.71. The maximum absolute atomic E-state index is 11.9. The van der Waals surface area contributed by atoms with Gasteiger partial charge in [0.2, 0.25) is 0 Å². The average molecular weight is 353 g/mol. The molecule has 7 nitrogen and oxygen atoms in total. The third kappa shape index (κ3) is 3.40. The summed E-state index contributed by atoms with van der Waals surface area (Å²) in [5.74, 6) is -1.14. The Balaban J connectivity index is 1.99. The number of ketones is 1. The molecule has 0 aliphatic heterocycles. The van der Waals surface area contributed by atoms with E-state index in [0.29, 0.717) is 11.3 Å². The molecule has 0 saturated heterocycles. The molecule has 2 amide bonds. The van der Waals surface area contributed by atoms with E-state index in [1.54, 1.807) is 23.9 Å². The predicted molar refractivity (Wildman–Crippen MR) is 78.8 cm³/mol. The second-order valence-corrected chi connectivity index (χ2v) is 5.34. The maximum Gasteiger partial charge on any atom is 0.286 e. The fraction of sp³-hybridized carbons (Fsp3) is 0.154. The standard InChI is InChI=1S/C13H13BrN4O3/c1-7(19)8-3-10(15-5-8)12(20)16-17-13(21)11-4-9(14)6-18(11)2/h3-6,15H,1-2H3,(H,16,20)(H,17,21). The number of nitrogens with zero attached hydrogens (tertiary/aromatic N) is 1. The molecule has 0 saturated carbocycles. The quantitative estimate of drug-likeness (QED) is 0.575. The molecule has 0 unspecified atom stereocenters. The van der Waals surface area contributed by atoms with Crippen molar-refractivity contribution >= 4 is 33.5 Å². The van der Waals surface area contributed by atoms with Crippen LogP contribution < -0.4 is 10.9 Å². The van der Waals surface area contributed by atoms with Gasteiger partial charge >= 0.3 is 0 Å². The minimum absolute atomic E-state index is 0.150. The molecule has 0 fully saturated rings. The Morgan fingerprint density at radius 2 is 1.86 bits per heavy atom. The molecular weight excluding hydrogens is 340 g/mol. The number of carbonyl (C=O) groups is 3. The van der Waals surface area contributed by atoms with Crippen LogP contribution in [0.5, 0.6) is 0 Å². The first kappa shape index (κ1) is 15.0. The molecule has 0 atom stereocenters. The minimum Gasteiger partial charge on any atom is -0.356 e. The second-order valence-electron chi connectivity index (χ2n) is 4.42. The zero-order chi connectivity index (χ0) is 15.6. The summed E-state index contributed by atoms with van der Waals surface area (Å²) < 4.78 is 2.38. The van der Waals surface area contributed by atoms with Gasteiger partial charge in [-0.05, 0) is 35.0 Å². The molecule has 0 bridgehead atoms. The van der Waals surface area contributed by atoms with Gasteiger partial charge in [-0.3, -0.25) is 25.2 Å². The molecule has 0 aliphatic carbocycles. The van der Waals surface area contributed by atoms with Crippen molar-refractivity contribution in [3.63, 3.8) is 0 Å². The number of rotatable bonds is 3. The molecule has 0 aromatic carbocycles. The van der Waals surface area contributed by atoms with Crippen LogP contribution in [0.1, 0.15) is 38.3 Å². The first-order chi connectivity index (χ1) is 9.88. The van der Waals surface area contributed by atoms with E-state index in [-0.39, 0.29) is 11.5 Å². The van der Waals surface area contributed by atoms with Gasteiger partial charge < -0.3 is 9.55 Å². The fourth-order valence-electron chi connectivity index (χ4n) is 1.72. The van der Waals surface area contributed by atoms with Gasteiger partial charge in [-0.15, -0.1) is 0 Å². The number of H-pyrrole nitrogens is 1. The minimum atomic E-state index is -0.538. The van der Waals surface area contributed by atoms with Gasteiger partial charge in [0.1, 0.15) is 11.4 Å². The zero-order valence-corrected chi connectivity index (χ0v) is 12.9. The highest BCUT2D eigenvalue weighted by Gasteiger charge is 2.14. The summed E-state index contributed by atoms with van der Waals surface area (Å²) in [4.78, 5) is 37.5. The molecule has 2 aromatic rings.